The Morgan fingerprint density at radius 3 is 2.47 bits per heavy atom. The van der Waals surface area contributed by atoms with E-state index in [4.69, 9.17) is 0 Å². The number of carbonyl (C=O) groups is 1. The minimum absolute atomic E-state index is 0.430. The molecule has 1 saturated heterocycles. The quantitative estimate of drug-likeness (QED) is 0.902. The minimum atomic E-state index is -0.830. The second kappa shape index (κ2) is 4.85. The van der Waals surface area contributed by atoms with Crippen molar-refractivity contribution in [1.29, 1.82) is 0 Å². The number of piperazine rings is 1. The monoisotopic (exact) mass is 260 g/mol. The Hall–Kier alpha value is -1.55. The van der Waals surface area contributed by atoms with Gasteiger partial charge in [0, 0.05) is 32.2 Å². The third kappa shape index (κ3) is 2.45. The van der Waals surface area contributed by atoms with Crippen molar-refractivity contribution in [3.63, 3.8) is 0 Å². The third-order valence-electron chi connectivity index (χ3n) is 4.16. The molecule has 102 valence electrons. The minimum Gasteiger partial charge on any atom is -0.478 e. The number of para-hydroxylation sites is 1. The predicted octanol–water partition coefficient (Wildman–Crippen LogP) is 1.98. The molecule has 0 atom stereocenters. The van der Waals surface area contributed by atoms with Gasteiger partial charge in [0.25, 0.3) is 0 Å². The highest BCUT2D eigenvalue weighted by Gasteiger charge is 2.32. The van der Waals surface area contributed by atoms with E-state index in [1.807, 2.05) is 19.1 Å². The van der Waals surface area contributed by atoms with Crippen molar-refractivity contribution in [1.82, 2.24) is 4.90 Å². The molecule has 19 heavy (non-hydrogen) atoms. The summed E-state index contributed by atoms with van der Waals surface area (Å²) in [5, 5.41) is 9.33. The molecule has 0 bridgehead atoms. The average Bonchev–Trinajstić information content (AvgIpc) is 3.23. The maximum absolute atomic E-state index is 11.4. The van der Waals surface area contributed by atoms with E-state index in [9.17, 15) is 9.90 Å². The van der Waals surface area contributed by atoms with Crippen molar-refractivity contribution in [2.24, 2.45) is 0 Å². The maximum Gasteiger partial charge on any atom is 0.337 e. The van der Waals surface area contributed by atoms with Gasteiger partial charge in [-0.15, -0.1) is 0 Å². The molecule has 1 heterocycles. The molecule has 1 saturated carbocycles. The molecule has 2 fully saturated rings. The zero-order valence-electron chi connectivity index (χ0n) is 11.3. The SMILES string of the molecule is Cc1cccc(C(=O)O)c1N1CCN(C2CC2)CC1. The molecule has 0 unspecified atom stereocenters. The number of carboxylic acids is 1. The van der Waals surface area contributed by atoms with Crippen LogP contribution in [0.4, 0.5) is 5.69 Å². The van der Waals surface area contributed by atoms with E-state index in [-0.39, 0.29) is 0 Å². The molecule has 1 aromatic rings. The summed E-state index contributed by atoms with van der Waals surface area (Å²) in [6, 6.07) is 6.33. The summed E-state index contributed by atoms with van der Waals surface area (Å²) in [5.74, 6) is -0.830. The molecule has 0 amide bonds. The first-order valence-corrected chi connectivity index (χ1v) is 6.98. The summed E-state index contributed by atoms with van der Waals surface area (Å²) in [7, 11) is 0. The molecule has 1 aliphatic carbocycles. The normalized spacial score (nSPS) is 20.6. The molecule has 0 spiro atoms. The van der Waals surface area contributed by atoms with E-state index >= 15 is 0 Å². The van der Waals surface area contributed by atoms with Crippen molar-refractivity contribution in [2.75, 3.05) is 31.1 Å². The van der Waals surface area contributed by atoms with Gasteiger partial charge < -0.3 is 10.0 Å². The first kappa shape index (κ1) is 12.5. The van der Waals surface area contributed by atoms with Crippen LogP contribution < -0.4 is 4.90 Å². The van der Waals surface area contributed by atoms with Crippen LogP contribution in [0, 0.1) is 6.92 Å². The summed E-state index contributed by atoms with van der Waals surface area (Å²) >= 11 is 0. The zero-order chi connectivity index (χ0) is 13.4. The first-order valence-electron chi connectivity index (χ1n) is 6.98. The van der Waals surface area contributed by atoms with Gasteiger partial charge in [0.2, 0.25) is 0 Å². The largest absolute Gasteiger partial charge is 0.478 e. The Kier molecular flexibility index (Phi) is 3.19. The second-order valence-corrected chi connectivity index (χ2v) is 5.53. The van der Waals surface area contributed by atoms with Gasteiger partial charge in [0.05, 0.1) is 11.3 Å². The van der Waals surface area contributed by atoms with Crippen molar-refractivity contribution in [3.05, 3.63) is 29.3 Å². The molecule has 2 aliphatic rings. The van der Waals surface area contributed by atoms with Gasteiger partial charge in [-0.25, -0.2) is 4.79 Å². The Balaban J connectivity index is 1.80. The summed E-state index contributed by atoms with van der Waals surface area (Å²) in [6.45, 7) is 5.97. The second-order valence-electron chi connectivity index (χ2n) is 5.53. The number of carboxylic acid groups (broad SMARTS) is 1. The highest BCUT2D eigenvalue weighted by molar-refractivity contribution is 5.95. The number of nitrogens with zero attached hydrogens (tertiary/aromatic N) is 2. The number of rotatable bonds is 3. The van der Waals surface area contributed by atoms with Crippen molar-refractivity contribution in [2.45, 2.75) is 25.8 Å². The van der Waals surface area contributed by atoms with Gasteiger partial charge >= 0.3 is 5.97 Å². The van der Waals surface area contributed by atoms with Gasteiger partial charge in [-0.1, -0.05) is 12.1 Å². The van der Waals surface area contributed by atoms with Crippen LogP contribution in [-0.4, -0.2) is 48.2 Å². The Labute approximate surface area is 113 Å². The number of aryl methyl sites for hydroxylation is 1. The topological polar surface area (TPSA) is 43.8 Å². The summed E-state index contributed by atoms with van der Waals surface area (Å²) in [6.07, 6.45) is 2.68. The fourth-order valence-electron chi connectivity index (χ4n) is 3.00. The lowest BCUT2D eigenvalue weighted by molar-refractivity contribution is 0.0697. The smallest absolute Gasteiger partial charge is 0.337 e. The molecular weight excluding hydrogens is 240 g/mol. The van der Waals surface area contributed by atoms with Crippen LogP contribution in [0.25, 0.3) is 0 Å². The Morgan fingerprint density at radius 2 is 1.89 bits per heavy atom. The standard InChI is InChI=1S/C15H20N2O2/c1-11-3-2-4-13(15(18)19)14(11)17-9-7-16(8-10-17)12-5-6-12/h2-4,12H,5-10H2,1H3,(H,18,19). The summed E-state index contributed by atoms with van der Waals surface area (Å²) in [5.41, 5.74) is 2.39. The number of aromatic carboxylic acids is 1. The van der Waals surface area contributed by atoms with E-state index in [2.05, 4.69) is 9.80 Å². The molecule has 1 N–H and O–H groups in total. The van der Waals surface area contributed by atoms with Crippen molar-refractivity contribution < 1.29 is 9.90 Å². The number of hydrogen-bond donors (Lipinski definition) is 1. The van der Waals surface area contributed by atoms with Gasteiger partial charge in [0.1, 0.15) is 0 Å². The fraction of sp³-hybridized carbons (Fsp3) is 0.533. The maximum atomic E-state index is 11.4. The summed E-state index contributed by atoms with van der Waals surface area (Å²) < 4.78 is 0. The van der Waals surface area contributed by atoms with Crippen LogP contribution >= 0.6 is 0 Å². The number of anilines is 1. The Bertz CT molecular complexity index is 489. The van der Waals surface area contributed by atoms with Crippen LogP contribution in [-0.2, 0) is 0 Å². The van der Waals surface area contributed by atoms with Crippen LogP contribution in [0.15, 0.2) is 18.2 Å². The lowest BCUT2D eigenvalue weighted by Crippen LogP contribution is -2.47. The van der Waals surface area contributed by atoms with Crippen molar-refractivity contribution >= 4 is 11.7 Å². The van der Waals surface area contributed by atoms with Crippen molar-refractivity contribution in [3.8, 4) is 0 Å². The predicted molar refractivity (Wildman–Crippen MR) is 74.9 cm³/mol. The molecule has 0 radical (unpaired) electrons. The average molecular weight is 260 g/mol. The molecule has 3 rings (SSSR count). The lowest BCUT2D eigenvalue weighted by Gasteiger charge is -2.37. The van der Waals surface area contributed by atoms with Gasteiger partial charge in [0.15, 0.2) is 0 Å². The number of hydrogen-bond acceptors (Lipinski definition) is 3. The van der Waals surface area contributed by atoms with Crippen LogP contribution in [0.3, 0.4) is 0 Å². The third-order valence-corrected chi connectivity index (χ3v) is 4.16. The molecule has 0 aromatic heterocycles. The highest BCUT2D eigenvalue weighted by Crippen LogP contribution is 2.30. The van der Waals surface area contributed by atoms with Gasteiger partial charge in [-0.3, -0.25) is 4.90 Å². The zero-order valence-corrected chi connectivity index (χ0v) is 11.3. The van der Waals surface area contributed by atoms with Crippen LogP contribution in [0.2, 0.25) is 0 Å². The van der Waals surface area contributed by atoms with Crippen LogP contribution in [0.1, 0.15) is 28.8 Å². The van der Waals surface area contributed by atoms with E-state index in [1.54, 1.807) is 6.07 Å². The summed E-state index contributed by atoms with van der Waals surface area (Å²) in [4.78, 5) is 16.1. The molecule has 4 heteroatoms. The highest BCUT2D eigenvalue weighted by atomic mass is 16.4. The van der Waals surface area contributed by atoms with Crippen LogP contribution in [0.5, 0.6) is 0 Å². The van der Waals surface area contributed by atoms with Gasteiger partial charge in [-0.05, 0) is 31.4 Å². The Morgan fingerprint density at radius 1 is 1.21 bits per heavy atom. The molecule has 4 nitrogen and oxygen atoms in total. The van der Waals surface area contributed by atoms with E-state index in [0.29, 0.717) is 5.56 Å². The first-order chi connectivity index (χ1) is 9.16. The van der Waals surface area contributed by atoms with E-state index in [1.165, 1.54) is 12.8 Å². The fourth-order valence-corrected chi connectivity index (χ4v) is 3.00. The van der Waals surface area contributed by atoms with Gasteiger partial charge in [-0.2, -0.15) is 0 Å². The van der Waals surface area contributed by atoms with E-state index < -0.39 is 5.97 Å². The lowest BCUT2D eigenvalue weighted by atomic mass is 10.1. The van der Waals surface area contributed by atoms with E-state index in [0.717, 1.165) is 43.5 Å². The molecule has 1 aromatic carbocycles. The molecular formula is C15H20N2O2. The molecule has 1 aliphatic heterocycles. The number of benzene rings is 1.